The van der Waals surface area contributed by atoms with Crippen LogP contribution >= 0.6 is 0 Å². The molecule has 136 valence electrons. The molecule has 7 heteroatoms. The van der Waals surface area contributed by atoms with Crippen molar-refractivity contribution >= 4 is 27.6 Å². The highest BCUT2D eigenvalue weighted by atomic mass is 19.4. The standard InChI is InChI=1S/C20H13F3N2O2/c21-20(22,23)15-7-13-5-6-25(18(13)17(9-15)19(26)27)11-16-8-12-3-1-2-4-14(12)10-24-16/h1-10H,11H2,(H,26,27). The molecule has 2 aromatic heterocycles. The maximum Gasteiger partial charge on any atom is 0.416 e. The van der Waals surface area contributed by atoms with E-state index in [0.717, 1.165) is 16.8 Å². The molecular formula is C20H13F3N2O2. The number of hydrogen-bond donors (Lipinski definition) is 1. The van der Waals surface area contributed by atoms with E-state index in [1.807, 2.05) is 30.3 Å². The summed E-state index contributed by atoms with van der Waals surface area (Å²) in [7, 11) is 0. The van der Waals surface area contributed by atoms with Crippen LogP contribution in [0, 0.1) is 0 Å². The average molecular weight is 370 g/mol. The monoisotopic (exact) mass is 370 g/mol. The van der Waals surface area contributed by atoms with E-state index in [9.17, 15) is 23.1 Å². The van der Waals surface area contributed by atoms with Gasteiger partial charge in [0.2, 0.25) is 0 Å². The van der Waals surface area contributed by atoms with Crippen LogP contribution in [-0.4, -0.2) is 20.6 Å². The maximum absolute atomic E-state index is 13.1. The van der Waals surface area contributed by atoms with E-state index < -0.39 is 17.7 Å². The molecule has 0 aliphatic rings. The maximum atomic E-state index is 13.1. The minimum absolute atomic E-state index is 0.225. The second-order valence-electron chi connectivity index (χ2n) is 6.23. The second-order valence-corrected chi connectivity index (χ2v) is 6.23. The van der Waals surface area contributed by atoms with Crippen molar-refractivity contribution in [2.24, 2.45) is 0 Å². The van der Waals surface area contributed by atoms with Crippen LogP contribution in [0.15, 0.2) is 60.9 Å². The van der Waals surface area contributed by atoms with Gasteiger partial charge in [0.05, 0.1) is 28.9 Å². The number of nitrogens with zero attached hydrogens (tertiary/aromatic N) is 2. The summed E-state index contributed by atoms with van der Waals surface area (Å²) in [4.78, 5) is 15.9. The van der Waals surface area contributed by atoms with Crippen LogP contribution in [0.1, 0.15) is 21.6 Å². The molecule has 0 aliphatic heterocycles. The highest BCUT2D eigenvalue weighted by Crippen LogP contribution is 2.34. The fourth-order valence-corrected chi connectivity index (χ4v) is 3.20. The third-order valence-electron chi connectivity index (χ3n) is 4.44. The minimum atomic E-state index is -4.61. The number of aromatic carboxylic acids is 1. The molecule has 0 bridgehead atoms. The highest BCUT2D eigenvalue weighted by molar-refractivity contribution is 6.03. The molecule has 0 unspecified atom stereocenters. The van der Waals surface area contributed by atoms with Crippen LogP contribution in [0.2, 0.25) is 0 Å². The summed E-state index contributed by atoms with van der Waals surface area (Å²) < 4.78 is 40.8. The van der Waals surface area contributed by atoms with Gasteiger partial charge in [0.25, 0.3) is 0 Å². The molecule has 4 rings (SSSR count). The number of pyridine rings is 1. The fourth-order valence-electron chi connectivity index (χ4n) is 3.20. The van der Waals surface area contributed by atoms with Crippen molar-refractivity contribution in [3.63, 3.8) is 0 Å². The van der Waals surface area contributed by atoms with Gasteiger partial charge in [0, 0.05) is 23.2 Å². The van der Waals surface area contributed by atoms with E-state index in [1.54, 1.807) is 17.0 Å². The zero-order valence-corrected chi connectivity index (χ0v) is 13.9. The van der Waals surface area contributed by atoms with Crippen molar-refractivity contribution in [2.45, 2.75) is 12.7 Å². The molecule has 0 saturated heterocycles. The molecule has 2 aromatic carbocycles. The first kappa shape index (κ1) is 17.1. The number of halogens is 3. The lowest BCUT2D eigenvalue weighted by Crippen LogP contribution is -2.10. The van der Waals surface area contributed by atoms with Crippen molar-refractivity contribution in [1.29, 1.82) is 0 Å². The number of alkyl halides is 3. The number of carbonyl (C=O) groups is 1. The van der Waals surface area contributed by atoms with E-state index in [4.69, 9.17) is 0 Å². The lowest BCUT2D eigenvalue weighted by atomic mass is 10.1. The Balaban J connectivity index is 1.83. The smallest absolute Gasteiger partial charge is 0.416 e. The van der Waals surface area contributed by atoms with Gasteiger partial charge in [-0.3, -0.25) is 4.98 Å². The van der Waals surface area contributed by atoms with E-state index in [2.05, 4.69) is 4.98 Å². The Kier molecular flexibility index (Phi) is 3.87. The van der Waals surface area contributed by atoms with E-state index >= 15 is 0 Å². The normalized spacial score (nSPS) is 12.0. The Morgan fingerprint density at radius 1 is 1.04 bits per heavy atom. The summed E-state index contributed by atoms with van der Waals surface area (Å²) in [6.07, 6.45) is -1.31. The first-order chi connectivity index (χ1) is 12.8. The van der Waals surface area contributed by atoms with Gasteiger partial charge < -0.3 is 9.67 Å². The van der Waals surface area contributed by atoms with Crippen LogP contribution in [0.3, 0.4) is 0 Å². The summed E-state index contributed by atoms with van der Waals surface area (Å²) in [5.74, 6) is -1.41. The first-order valence-corrected chi connectivity index (χ1v) is 8.10. The van der Waals surface area contributed by atoms with Crippen molar-refractivity contribution in [2.75, 3.05) is 0 Å². The molecule has 2 heterocycles. The zero-order valence-electron chi connectivity index (χ0n) is 13.9. The van der Waals surface area contributed by atoms with Crippen molar-refractivity contribution in [3.8, 4) is 0 Å². The third kappa shape index (κ3) is 3.12. The van der Waals surface area contributed by atoms with Gasteiger partial charge in [-0.05, 0) is 29.7 Å². The molecule has 4 nitrogen and oxygen atoms in total. The Labute approximate surface area is 151 Å². The van der Waals surface area contributed by atoms with Gasteiger partial charge in [-0.25, -0.2) is 4.79 Å². The van der Waals surface area contributed by atoms with Gasteiger partial charge in [0.1, 0.15) is 0 Å². The van der Waals surface area contributed by atoms with Gasteiger partial charge in [-0.2, -0.15) is 13.2 Å². The lowest BCUT2D eigenvalue weighted by Gasteiger charge is -2.12. The topological polar surface area (TPSA) is 55.1 Å². The predicted molar refractivity (Wildman–Crippen MR) is 94.7 cm³/mol. The molecule has 0 amide bonds. The van der Waals surface area contributed by atoms with Gasteiger partial charge in [0.15, 0.2) is 0 Å². The van der Waals surface area contributed by atoms with E-state index in [0.29, 0.717) is 11.8 Å². The summed E-state index contributed by atoms with van der Waals surface area (Å²) in [5.41, 5.74) is -0.438. The molecule has 0 atom stereocenters. The minimum Gasteiger partial charge on any atom is -0.478 e. The lowest BCUT2D eigenvalue weighted by molar-refractivity contribution is -0.137. The molecule has 0 fully saturated rings. The molecular weight excluding hydrogens is 357 g/mol. The zero-order chi connectivity index (χ0) is 19.2. The van der Waals surface area contributed by atoms with Crippen LogP contribution in [0.5, 0.6) is 0 Å². The molecule has 0 aliphatic carbocycles. The first-order valence-electron chi connectivity index (χ1n) is 8.10. The number of carboxylic acids is 1. The van der Waals surface area contributed by atoms with E-state index in [1.165, 1.54) is 6.07 Å². The average Bonchev–Trinajstić information content (AvgIpc) is 3.03. The highest BCUT2D eigenvalue weighted by Gasteiger charge is 2.32. The summed E-state index contributed by atoms with van der Waals surface area (Å²) in [6, 6.07) is 12.7. The number of aromatic nitrogens is 2. The molecule has 4 aromatic rings. The Morgan fingerprint density at radius 3 is 2.48 bits per heavy atom. The molecule has 0 spiro atoms. The molecule has 0 saturated carbocycles. The Hall–Kier alpha value is -3.35. The Bertz CT molecular complexity index is 1180. The summed E-state index contributed by atoms with van der Waals surface area (Å²) in [5, 5.41) is 11.6. The number of rotatable bonds is 3. The number of carboxylic acid groups (broad SMARTS) is 1. The predicted octanol–water partition coefficient (Wildman–Crippen LogP) is 4.95. The van der Waals surface area contributed by atoms with Crippen LogP contribution in [0.4, 0.5) is 13.2 Å². The number of benzene rings is 2. The number of hydrogen-bond acceptors (Lipinski definition) is 2. The SMILES string of the molecule is O=C(O)c1cc(C(F)(F)F)cc2ccn(Cc3cc4ccccc4cn3)c12. The van der Waals surface area contributed by atoms with Crippen LogP contribution in [0.25, 0.3) is 21.7 Å². The van der Waals surface area contributed by atoms with Crippen LogP contribution < -0.4 is 0 Å². The van der Waals surface area contributed by atoms with Crippen molar-refractivity contribution in [3.05, 3.63) is 77.7 Å². The van der Waals surface area contributed by atoms with Gasteiger partial charge >= 0.3 is 12.1 Å². The van der Waals surface area contributed by atoms with E-state index in [-0.39, 0.29) is 23.0 Å². The van der Waals surface area contributed by atoms with Crippen molar-refractivity contribution in [1.82, 2.24) is 9.55 Å². The molecule has 27 heavy (non-hydrogen) atoms. The van der Waals surface area contributed by atoms with Crippen molar-refractivity contribution < 1.29 is 23.1 Å². The quantitative estimate of drug-likeness (QED) is 0.555. The summed E-state index contributed by atoms with van der Waals surface area (Å²) >= 11 is 0. The molecule has 0 radical (unpaired) electrons. The number of fused-ring (bicyclic) bond motifs is 2. The third-order valence-corrected chi connectivity index (χ3v) is 4.44. The van der Waals surface area contributed by atoms with Gasteiger partial charge in [-0.15, -0.1) is 0 Å². The summed E-state index contributed by atoms with van der Waals surface area (Å²) in [6.45, 7) is 0.250. The van der Waals surface area contributed by atoms with Crippen LogP contribution in [-0.2, 0) is 12.7 Å². The Morgan fingerprint density at radius 2 is 1.78 bits per heavy atom. The van der Waals surface area contributed by atoms with Gasteiger partial charge in [-0.1, -0.05) is 24.3 Å². The second kappa shape index (κ2) is 6.12. The largest absolute Gasteiger partial charge is 0.478 e. The molecule has 1 N–H and O–H groups in total. The fraction of sp³-hybridized carbons (Fsp3) is 0.100.